The lowest BCUT2D eigenvalue weighted by molar-refractivity contribution is -0.137. The van der Waals surface area contributed by atoms with E-state index in [4.69, 9.17) is 16.3 Å². The topological polar surface area (TPSA) is 105 Å². The number of hydrogen-bond acceptors (Lipinski definition) is 5. The fraction of sp³-hybridized carbons (Fsp3) is 0.182. The van der Waals surface area contributed by atoms with Gasteiger partial charge in [-0.3, -0.25) is 9.78 Å². The molecule has 0 atom stereocenters. The Kier molecular flexibility index (Phi) is 7.57. The van der Waals surface area contributed by atoms with Crippen LogP contribution in [0.15, 0.2) is 48.8 Å². The average Bonchev–Trinajstić information content (AvgIpc) is 2.79. The third-order valence-corrected chi connectivity index (χ3v) is 4.83. The van der Waals surface area contributed by atoms with Crippen LogP contribution in [0.4, 0.5) is 23.7 Å². The highest BCUT2D eigenvalue weighted by molar-refractivity contribution is 6.32. The van der Waals surface area contributed by atoms with Gasteiger partial charge in [0.05, 0.1) is 11.3 Å². The largest absolute Gasteiger partial charge is 0.457 e. The number of urea groups is 1. The predicted molar refractivity (Wildman–Crippen MR) is 119 cm³/mol. The first-order valence-electron chi connectivity index (χ1n) is 9.80. The lowest BCUT2D eigenvalue weighted by atomic mass is 10.1. The molecule has 0 radical (unpaired) electrons. The summed E-state index contributed by atoms with van der Waals surface area (Å²) in [6, 6.07) is 8.25. The molecule has 0 spiro atoms. The van der Waals surface area contributed by atoms with Crippen molar-refractivity contribution in [2.24, 2.45) is 0 Å². The van der Waals surface area contributed by atoms with Crippen molar-refractivity contribution in [3.63, 3.8) is 0 Å². The number of carbonyl (C=O) groups is 2. The standard InChI is InChI=1S/C22H19ClF3N5O3/c1-12-7-13(3-4-18(12)34-15-5-6-28-17(9-15)20(32)27-2)10-30-21(33)31-16-8-14(22(24,25)26)11-29-19(16)23/h3-9,11H,10H2,1-2H3,(H,27,32)(H2,30,31,33). The number of pyridine rings is 2. The molecule has 0 aliphatic heterocycles. The maximum absolute atomic E-state index is 12.8. The summed E-state index contributed by atoms with van der Waals surface area (Å²) < 4.78 is 44.4. The number of nitrogens with one attached hydrogen (secondary N) is 3. The summed E-state index contributed by atoms with van der Waals surface area (Å²) >= 11 is 5.79. The molecule has 3 aromatic rings. The van der Waals surface area contributed by atoms with Crippen molar-refractivity contribution < 1.29 is 27.5 Å². The van der Waals surface area contributed by atoms with E-state index in [1.165, 1.54) is 19.3 Å². The first kappa shape index (κ1) is 24.8. The SMILES string of the molecule is CNC(=O)c1cc(Oc2ccc(CNC(=O)Nc3cc(C(F)(F)F)cnc3Cl)cc2C)ccn1. The Bertz CT molecular complexity index is 1220. The number of aryl methyl sites for hydroxylation is 1. The van der Waals surface area contributed by atoms with E-state index in [9.17, 15) is 22.8 Å². The predicted octanol–water partition coefficient (Wildman–Crippen LogP) is 4.93. The number of ether oxygens (including phenoxy) is 1. The van der Waals surface area contributed by atoms with E-state index >= 15 is 0 Å². The van der Waals surface area contributed by atoms with Crippen molar-refractivity contribution in [1.82, 2.24) is 20.6 Å². The Balaban J connectivity index is 1.62. The number of rotatable bonds is 6. The van der Waals surface area contributed by atoms with Gasteiger partial charge in [0.2, 0.25) is 0 Å². The van der Waals surface area contributed by atoms with E-state index in [1.807, 2.05) is 0 Å². The van der Waals surface area contributed by atoms with Crippen LogP contribution in [0.1, 0.15) is 27.2 Å². The Labute approximate surface area is 197 Å². The average molecular weight is 494 g/mol. The van der Waals surface area contributed by atoms with Crippen LogP contribution in [0.25, 0.3) is 0 Å². The van der Waals surface area contributed by atoms with Crippen molar-refractivity contribution in [3.8, 4) is 11.5 Å². The van der Waals surface area contributed by atoms with Crippen molar-refractivity contribution in [2.75, 3.05) is 12.4 Å². The van der Waals surface area contributed by atoms with Gasteiger partial charge < -0.3 is 20.7 Å². The summed E-state index contributed by atoms with van der Waals surface area (Å²) in [5, 5.41) is 7.02. The number of alkyl halides is 3. The number of carbonyl (C=O) groups excluding carboxylic acids is 2. The van der Waals surface area contributed by atoms with Crippen LogP contribution < -0.4 is 20.7 Å². The van der Waals surface area contributed by atoms with Crippen LogP contribution in [0.5, 0.6) is 11.5 Å². The molecule has 0 unspecified atom stereocenters. The van der Waals surface area contributed by atoms with Crippen LogP contribution in [0.3, 0.4) is 0 Å². The van der Waals surface area contributed by atoms with E-state index in [0.29, 0.717) is 29.3 Å². The molecule has 0 saturated heterocycles. The minimum Gasteiger partial charge on any atom is -0.457 e. The summed E-state index contributed by atoms with van der Waals surface area (Å²) in [4.78, 5) is 31.3. The summed E-state index contributed by atoms with van der Waals surface area (Å²) in [6.45, 7) is 1.89. The van der Waals surface area contributed by atoms with E-state index in [2.05, 4.69) is 25.9 Å². The molecular formula is C22H19ClF3N5O3. The van der Waals surface area contributed by atoms with Crippen LogP contribution in [0.2, 0.25) is 5.15 Å². The van der Waals surface area contributed by atoms with Gasteiger partial charge in [-0.25, -0.2) is 9.78 Å². The molecule has 3 rings (SSSR count). The summed E-state index contributed by atoms with van der Waals surface area (Å²) in [5.41, 5.74) is 0.384. The molecule has 0 saturated carbocycles. The van der Waals surface area contributed by atoms with E-state index in [-0.39, 0.29) is 29.0 Å². The Morgan fingerprint density at radius 1 is 1.12 bits per heavy atom. The maximum atomic E-state index is 12.8. The fourth-order valence-electron chi connectivity index (χ4n) is 2.83. The summed E-state index contributed by atoms with van der Waals surface area (Å²) in [6.07, 6.45) is -2.58. The molecule has 3 N–H and O–H groups in total. The Hall–Kier alpha value is -3.86. The number of anilines is 1. The number of nitrogens with zero attached hydrogens (tertiary/aromatic N) is 2. The number of hydrogen-bond donors (Lipinski definition) is 3. The summed E-state index contributed by atoms with van der Waals surface area (Å²) in [7, 11) is 1.50. The molecule has 2 heterocycles. The highest BCUT2D eigenvalue weighted by Gasteiger charge is 2.31. The second kappa shape index (κ2) is 10.4. The van der Waals surface area contributed by atoms with E-state index in [0.717, 1.165) is 5.56 Å². The first-order chi connectivity index (χ1) is 16.1. The molecule has 34 heavy (non-hydrogen) atoms. The quantitative estimate of drug-likeness (QED) is 0.422. The molecule has 2 aromatic heterocycles. The number of benzene rings is 1. The second-order valence-corrected chi connectivity index (χ2v) is 7.38. The highest BCUT2D eigenvalue weighted by atomic mass is 35.5. The normalized spacial score (nSPS) is 11.0. The highest BCUT2D eigenvalue weighted by Crippen LogP contribution is 2.32. The van der Waals surface area contributed by atoms with Crippen molar-refractivity contribution >= 4 is 29.2 Å². The maximum Gasteiger partial charge on any atom is 0.417 e. The molecule has 3 amide bonds. The van der Waals surface area contributed by atoms with Gasteiger partial charge in [0.1, 0.15) is 17.2 Å². The molecule has 0 fully saturated rings. The Morgan fingerprint density at radius 2 is 1.88 bits per heavy atom. The number of halogens is 4. The lowest BCUT2D eigenvalue weighted by Gasteiger charge is -2.13. The molecule has 8 nitrogen and oxygen atoms in total. The molecule has 1 aromatic carbocycles. The smallest absolute Gasteiger partial charge is 0.417 e. The van der Waals surface area contributed by atoms with Crippen molar-refractivity contribution in [1.29, 1.82) is 0 Å². The van der Waals surface area contributed by atoms with Gasteiger partial charge in [0, 0.05) is 32.1 Å². The van der Waals surface area contributed by atoms with Crippen LogP contribution in [-0.4, -0.2) is 29.0 Å². The second-order valence-electron chi connectivity index (χ2n) is 7.03. The van der Waals surface area contributed by atoms with Gasteiger partial charge >= 0.3 is 12.2 Å². The van der Waals surface area contributed by atoms with Gasteiger partial charge in [-0.05, 0) is 36.2 Å². The first-order valence-corrected chi connectivity index (χ1v) is 10.2. The lowest BCUT2D eigenvalue weighted by Crippen LogP contribution is -2.28. The van der Waals surface area contributed by atoms with Crippen LogP contribution >= 0.6 is 11.6 Å². The third-order valence-electron chi connectivity index (χ3n) is 4.53. The minimum atomic E-state index is -4.62. The zero-order valence-corrected chi connectivity index (χ0v) is 18.7. The monoisotopic (exact) mass is 493 g/mol. The van der Waals surface area contributed by atoms with Gasteiger partial charge in [0.25, 0.3) is 5.91 Å². The van der Waals surface area contributed by atoms with Crippen molar-refractivity contribution in [2.45, 2.75) is 19.6 Å². The fourth-order valence-corrected chi connectivity index (χ4v) is 2.98. The van der Waals surface area contributed by atoms with Gasteiger partial charge in [0.15, 0.2) is 5.15 Å². The van der Waals surface area contributed by atoms with Crippen molar-refractivity contribution in [3.05, 3.63) is 76.3 Å². The van der Waals surface area contributed by atoms with Crippen LogP contribution in [0, 0.1) is 6.92 Å². The molecular weight excluding hydrogens is 475 g/mol. The third kappa shape index (κ3) is 6.35. The van der Waals surface area contributed by atoms with Gasteiger partial charge in [-0.1, -0.05) is 23.7 Å². The van der Waals surface area contributed by atoms with Crippen LogP contribution in [-0.2, 0) is 12.7 Å². The van der Waals surface area contributed by atoms with E-state index in [1.54, 1.807) is 31.2 Å². The molecule has 0 aliphatic rings. The zero-order chi connectivity index (χ0) is 24.9. The zero-order valence-electron chi connectivity index (χ0n) is 18.0. The molecule has 12 heteroatoms. The Morgan fingerprint density at radius 3 is 2.56 bits per heavy atom. The molecule has 0 bridgehead atoms. The minimum absolute atomic E-state index is 0.0903. The van der Waals surface area contributed by atoms with Gasteiger partial charge in [-0.15, -0.1) is 0 Å². The molecule has 0 aliphatic carbocycles. The molecule has 178 valence electrons. The van der Waals surface area contributed by atoms with Gasteiger partial charge in [-0.2, -0.15) is 13.2 Å². The van der Waals surface area contributed by atoms with E-state index < -0.39 is 17.8 Å². The number of aromatic nitrogens is 2. The summed E-state index contributed by atoms with van der Waals surface area (Å²) in [5.74, 6) is 0.613. The number of amides is 3.